The van der Waals surface area contributed by atoms with Crippen LogP contribution in [0.2, 0.25) is 10.0 Å². The topological polar surface area (TPSA) is 105 Å². The first-order valence-corrected chi connectivity index (χ1v) is 12.8. The lowest BCUT2D eigenvalue weighted by atomic mass is 10.1. The lowest BCUT2D eigenvalue weighted by Gasteiger charge is -2.19. The highest BCUT2D eigenvalue weighted by atomic mass is 35.5. The fraction of sp³-hybridized carbons (Fsp3) is 0.227. The molecule has 0 spiro atoms. The highest BCUT2D eigenvalue weighted by molar-refractivity contribution is 7.89. The molecule has 1 aromatic heterocycles. The first kappa shape index (κ1) is 26.1. The Labute approximate surface area is 213 Å². The summed E-state index contributed by atoms with van der Waals surface area (Å²) in [7, 11) is -3.71. The van der Waals surface area contributed by atoms with Crippen molar-refractivity contribution in [2.24, 2.45) is 0 Å². The van der Waals surface area contributed by atoms with E-state index in [0.717, 1.165) is 0 Å². The molecule has 0 fully saturated rings. The summed E-state index contributed by atoms with van der Waals surface area (Å²) in [5.41, 5.74) is 1.20. The van der Waals surface area contributed by atoms with Gasteiger partial charge in [-0.05, 0) is 43.4 Å². The number of nitrogens with one attached hydrogen (secondary N) is 2. The van der Waals surface area contributed by atoms with Crippen molar-refractivity contribution in [1.82, 2.24) is 14.8 Å². The average Bonchev–Trinajstić information content (AvgIpc) is 3.17. The minimum Gasteiger partial charge on any atom is -0.360 e. The third-order valence-corrected chi connectivity index (χ3v) is 7.88. The van der Waals surface area contributed by atoms with E-state index >= 15 is 0 Å². The molecule has 0 aliphatic heterocycles. The van der Waals surface area contributed by atoms with Crippen molar-refractivity contribution in [2.75, 3.05) is 18.4 Å². The molecule has 0 radical (unpaired) electrons. The molecule has 1 heterocycles. The maximum atomic E-state index is 13.0. The Kier molecular flexibility index (Phi) is 8.32. The third kappa shape index (κ3) is 5.42. The zero-order valence-electron chi connectivity index (χ0n) is 18.6. The maximum Gasteiger partial charge on any atom is 0.263 e. The Morgan fingerprint density at radius 3 is 2.44 bits per heavy atom. The number of aryl methyl sites for hydroxylation is 1. The van der Waals surface area contributed by atoms with Crippen LogP contribution in [0, 0.1) is 6.92 Å². The molecule has 0 aliphatic carbocycles. The van der Waals surface area contributed by atoms with Gasteiger partial charge in [0.05, 0.1) is 20.6 Å². The van der Waals surface area contributed by atoms with Gasteiger partial charge in [0.25, 0.3) is 5.91 Å². The Morgan fingerprint density at radius 2 is 1.79 bits per heavy atom. The van der Waals surface area contributed by atoms with E-state index in [0.29, 0.717) is 23.7 Å². The summed E-state index contributed by atoms with van der Waals surface area (Å²) < 4.78 is 32.2. The highest BCUT2D eigenvalue weighted by Gasteiger charge is 2.25. The summed E-state index contributed by atoms with van der Waals surface area (Å²) >= 11 is 17.8. The van der Waals surface area contributed by atoms with Crippen molar-refractivity contribution in [3.05, 3.63) is 63.8 Å². The average molecular weight is 541 g/mol. The van der Waals surface area contributed by atoms with E-state index in [1.54, 1.807) is 45.0 Å². The summed E-state index contributed by atoms with van der Waals surface area (Å²) in [6.45, 7) is 5.75. The van der Waals surface area contributed by atoms with E-state index in [9.17, 15) is 13.2 Å². The summed E-state index contributed by atoms with van der Waals surface area (Å²) in [5.74, 6) is -0.297. The van der Waals surface area contributed by atoms with Gasteiger partial charge in [0.2, 0.25) is 10.0 Å². The molecular formula is C22H22Cl2N4O4S2. The Hall–Kier alpha value is -2.50. The number of carbonyl (C=O) groups excluding carboxylic acids is 1. The number of hydrogen-bond donors (Lipinski definition) is 2. The molecule has 3 rings (SSSR count). The summed E-state index contributed by atoms with van der Waals surface area (Å²) in [6, 6.07) is 11.2. The molecule has 180 valence electrons. The van der Waals surface area contributed by atoms with Crippen molar-refractivity contribution >= 4 is 62.2 Å². The first-order valence-electron chi connectivity index (χ1n) is 10.2. The van der Waals surface area contributed by atoms with Crippen LogP contribution >= 0.6 is 35.4 Å². The molecule has 1 amide bonds. The lowest BCUT2D eigenvalue weighted by molar-refractivity contribution is 0.0976. The van der Waals surface area contributed by atoms with Crippen LogP contribution in [0.15, 0.2) is 51.9 Å². The lowest BCUT2D eigenvalue weighted by Crippen LogP contribution is -2.35. The number of thiocarbonyl (C=S) groups is 1. The molecule has 3 aromatic rings. The number of sulfonamides is 1. The predicted octanol–water partition coefficient (Wildman–Crippen LogP) is 5.11. The van der Waals surface area contributed by atoms with Gasteiger partial charge in [-0.25, -0.2) is 8.42 Å². The minimum absolute atomic E-state index is 0.0492. The number of anilines is 1. The Morgan fingerprint density at radius 1 is 1.12 bits per heavy atom. The van der Waals surface area contributed by atoms with Crippen LogP contribution in [-0.4, -0.2) is 42.0 Å². The molecule has 0 aliphatic rings. The van der Waals surface area contributed by atoms with Gasteiger partial charge in [-0.1, -0.05) is 60.4 Å². The second kappa shape index (κ2) is 10.8. The number of nitrogens with zero attached hydrogens (tertiary/aromatic N) is 2. The van der Waals surface area contributed by atoms with E-state index in [1.807, 2.05) is 0 Å². The van der Waals surface area contributed by atoms with Crippen LogP contribution in [0.3, 0.4) is 0 Å². The fourth-order valence-electron chi connectivity index (χ4n) is 3.27. The second-order valence-corrected chi connectivity index (χ2v) is 10.2. The van der Waals surface area contributed by atoms with E-state index in [2.05, 4.69) is 15.8 Å². The normalized spacial score (nSPS) is 11.5. The van der Waals surface area contributed by atoms with Crippen LogP contribution in [0.4, 0.5) is 5.69 Å². The van der Waals surface area contributed by atoms with Crippen LogP contribution in [-0.2, 0) is 10.0 Å². The Balaban J connectivity index is 1.83. The first-order chi connectivity index (χ1) is 16.1. The van der Waals surface area contributed by atoms with Crippen molar-refractivity contribution in [3.8, 4) is 11.3 Å². The van der Waals surface area contributed by atoms with Gasteiger partial charge >= 0.3 is 0 Å². The van der Waals surface area contributed by atoms with Gasteiger partial charge in [-0.2, -0.15) is 4.31 Å². The fourth-order valence-corrected chi connectivity index (χ4v) is 5.35. The molecule has 0 saturated heterocycles. The van der Waals surface area contributed by atoms with E-state index in [-0.39, 0.29) is 37.7 Å². The van der Waals surface area contributed by atoms with E-state index in [4.69, 9.17) is 39.9 Å². The van der Waals surface area contributed by atoms with Gasteiger partial charge < -0.3 is 9.84 Å². The molecule has 0 saturated carbocycles. The molecule has 2 N–H and O–H groups in total. The number of halogens is 2. The van der Waals surface area contributed by atoms with Crippen LogP contribution in [0.25, 0.3) is 11.3 Å². The monoisotopic (exact) mass is 540 g/mol. The number of aromatic nitrogens is 1. The van der Waals surface area contributed by atoms with E-state index < -0.39 is 15.9 Å². The van der Waals surface area contributed by atoms with Gasteiger partial charge in [-0.3, -0.25) is 10.1 Å². The number of carbonyl (C=O) groups is 1. The summed E-state index contributed by atoms with van der Waals surface area (Å²) in [6.07, 6.45) is 0. The maximum absolute atomic E-state index is 13.0. The van der Waals surface area contributed by atoms with Crippen LogP contribution in [0.1, 0.15) is 30.0 Å². The predicted molar refractivity (Wildman–Crippen MR) is 137 cm³/mol. The van der Waals surface area contributed by atoms with Crippen molar-refractivity contribution in [3.63, 3.8) is 0 Å². The van der Waals surface area contributed by atoms with Gasteiger partial charge in [0.1, 0.15) is 17.0 Å². The highest BCUT2D eigenvalue weighted by Crippen LogP contribution is 2.31. The van der Waals surface area contributed by atoms with Gasteiger partial charge in [0, 0.05) is 18.7 Å². The molecule has 0 unspecified atom stereocenters. The largest absolute Gasteiger partial charge is 0.360 e. The minimum atomic E-state index is -3.71. The third-order valence-electron chi connectivity index (χ3n) is 4.98. The second-order valence-electron chi connectivity index (χ2n) is 7.08. The summed E-state index contributed by atoms with van der Waals surface area (Å²) in [4.78, 5) is 13.0. The molecule has 34 heavy (non-hydrogen) atoms. The summed E-state index contributed by atoms with van der Waals surface area (Å²) in [5, 5.41) is 9.86. The SMILES string of the molecule is CCN(CC)S(=O)(=O)c1ccc(Cl)c(NC(=S)NC(=O)c2c(-c3ccccc3Cl)noc2C)c1. The molecule has 2 aromatic carbocycles. The molecule has 8 nitrogen and oxygen atoms in total. The van der Waals surface area contributed by atoms with Crippen molar-refractivity contribution in [1.29, 1.82) is 0 Å². The van der Waals surface area contributed by atoms with E-state index in [1.165, 1.54) is 22.5 Å². The smallest absolute Gasteiger partial charge is 0.263 e. The van der Waals surface area contributed by atoms with Gasteiger partial charge in [-0.15, -0.1) is 0 Å². The standard InChI is InChI=1S/C22H22Cl2N4O4S2/c1-4-28(5-2)34(30,31)14-10-11-17(24)18(12-14)25-22(33)26-21(29)19-13(3)32-27-20(19)15-8-6-7-9-16(15)23/h6-12H,4-5H2,1-3H3,(H2,25,26,29,33). The van der Waals surface area contributed by atoms with Crippen LogP contribution < -0.4 is 10.6 Å². The zero-order chi connectivity index (χ0) is 25.0. The van der Waals surface area contributed by atoms with Crippen molar-refractivity contribution in [2.45, 2.75) is 25.7 Å². The number of benzene rings is 2. The molecule has 0 atom stereocenters. The molecule has 0 bridgehead atoms. The number of hydrogen-bond acceptors (Lipinski definition) is 6. The molecular weight excluding hydrogens is 519 g/mol. The Bertz CT molecular complexity index is 1340. The van der Waals surface area contributed by atoms with Crippen molar-refractivity contribution < 1.29 is 17.7 Å². The van der Waals surface area contributed by atoms with Gasteiger partial charge in [0.15, 0.2) is 5.11 Å². The number of rotatable bonds is 7. The number of amides is 1. The van der Waals surface area contributed by atoms with Crippen LogP contribution in [0.5, 0.6) is 0 Å². The molecule has 12 heteroatoms. The quantitative estimate of drug-likeness (QED) is 0.401. The zero-order valence-corrected chi connectivity index (χ0v) is 21.7.